The van der Waals surface area contributed by atoms with E-state index >= 15 is 0 Å². The highest BCUT2D eigenvalue weighted by atomic mass is 16.4. The van der Waals surface area contributed by atoms with Crippen molar-refractivity contribution in [3.63, 3.8) is 0 Å². The molecule has 1 N–H and O–H groups in total. The lowest BCUT2D eigenvalue weighted by Crippen LogP contribution is -2.43. The Morgan fingerprint density at radius 1 is 1.53 bits per heavy atom. The van der Waals surface area contributed by atoms with Crippen LogP contribution in [0.2, 0.25) is 0 Å². The van der Waals surface area contributed by atoms with Gasteiger partial charge >= 0.3 is 5.97 Å². The molecule has 1 aliphatic heterocycles. The van der Waals surface area contributed by atoms with Crippen molar-refractivity contribution in [1.82, 2.24) is 0 Å². The highest BCUT2D eigenvalue weighted by Crippen LogP contribution is 2.30. The summed E-state index contributed by atoms with van der Waals surface area (Å²) >= 11 is 0. The van der Waals surface area contributed by atoms with Crippen molar-refractivity contribution in [3.05, 3.63) is 29.3 Å². The lowest BCUT2D eigenvalue weighted by Gasteiger charge is -2.38. The van der Waals surface area contributed by atoms with Gasteiger partial charge < -0.3 is 10.0 Å². The molecule has 2 rings (SSSR count). The second kappa shape index (κ2) is 5.31. The third-order valence-corrected chi connectivity index (χ3v) is 3.81. The number of carboxylic acids is 1. The van der Waals surface area contributed by atoms with Crippen molar-refractivity contribution < 1.29 is 9.90 Å². The van der Waals surface area contributed by atoms with Gasteiger partial charge in [0.2, 0.25) is 0 Å². The first-order valence-electron chi connectivity index (χ1n) is 6.53. The minimum absolute atomic E-state index is 0.143. The molecule has 0 saturated carbocycles. The zero-order valence-electron chi connectivity index (χ0n) is 11.3. The number of benzene rings is 1. The van der Waals surface area contributed by atoms with Gasteiger partial charge in [-0.15, -0.1) is 0 Å². The van der Waals surface area contributed by atoms with Gasteiger partial charge in [-0.25, -0.2) is 0 Å². The van der Waals surface area contributed by atoms with Gasteiger partial charge in [0.05, 0.1) is 17.2 Å². The molecule has 0 aromatic heterocycles. The summed E-state index contributed by atoms with van der Waals surface area (Å²) < 4.78 is 0. The van der Waals surface area contributed by atoms with Crippen molar-refractivity contribution in [2.24, 2.45) is 5.92 Å². The first kappa shape index (κ1) is 13.4. The molecule has 4 heteroatoms. The molecular weight excluding hydrogens is 240 g/mol. The predicted octanol–water partition coefficient (Wildman–Crippen LogP) is 2.56. The maximum absolute atomic E-state index is 11.0. The number of rotatable bonds is 2. The number of aryl methyl sites for hydroxylation is 1. The topological polar surface area (TPSA) is 64.3 Å². The molecule has 2 atom stereocenters. The van der Waals surface area contributed by atoms with E-state index in [4.69, 9.17) is 5.11 Å². The summed E-state index contributed by atoms with van der Waals surface area (Å²) in [6, 6.07) is 8.21. The average Bonchev–Trinajstić information content (AvgIpc) is 2.38. The Morgan fingerprint density at radius 3 is 2.84 bits per heavy atom. The van der Waals surface area contributed by atoms with Gasteiger partial charge in [-0.3, -0.25) is 4.79 Å². The Bertz CT molecular complexity index is 533. The van der Waals surface area contributed by atoms with E-state index in [9.17, 15) is 10.1 Å². The van der Waals surface area contributed by atoms with Crippen LogP contribution in [-0.2, 0) is 4.79 Å². The lowest BCUT2D eigenvalue weighted by molar-refractivity contribution is -0.142. The summed E-state index contributed by atoms with van der Waals surface area (Å²) in [5.41, 5.74) is 2.65. The van der Waals surface area contributed by atoms with Gasteiger partial charge in [-0.05, 0) is 44.4 Å². The van der Waals surface area contributed by atoms with E-state index in [1.807, 2.05) is 32.0 Å². The van der Waals surface area contributed by atoms with Crippen molar-refractivity contribution in [2.75, 3.05) is 11.4 Å². The van der Waals surface area contributed by atoms with Crippen LogP contribution in [0.15, 0.2) is 18.2 Å². The molecule has 100 valence electrons. The fourth-order valence-electron chi connectivity index (χ4n) is 2.74. The lowest BCUT2D eigenvalue weighted by atomic mass is 9.91. The molecular formula is C15H18N2O2. The monoisotopic (exact) mass is 258 g/mol. The molecule has 1 aromatic carbocycles. The number of carbonyl (C=O) groups is 1. The zero-order valence-corrected chi connectivity index (χ0v) is 11.3. The SMILES string of the molecule is Cc1ccc(N2CCC(C(=O)O)CC2C)c(C#N)c1. The first-order chi connectivity index (χ1) is 9.02. The van der Waals surface area contributed by atoms with Crippen LogP contribution < -0.4 is 4.90 Å². The molecule has 2 unspecified atom stereocenters. The number of piperidine rings is 1. The van der Waals surface area contributed by atoms with Crippen LogP contribution in [-0.4, -0.2) is 23.7 Å². The minimum Gasteiger partial charge on any atom is -0.481 e. The molecule has 1 aromatic rings. The summed E-state index contributed by atoms with van der Waals surface area (Å²) in [5.74, 6) is -0.974. The maximum Gasteiger partial charge on any atom is 0.306 e. The zero-order chi connectivity index (χ0) is 14.0. The molecule has 1 fully saturated rings. The Morgan fingerprint density at radius 2 is 2.26 bits per heavy atom. The van der Waals surface area contributed by atoms with E-state index in [2.05, 4.69) is 11.0 Å². The van der Waals surface area contributed by atoms with E-state index in [1.54, 1.807) is 0 Å². The van der Waals surface area contributed by atoms with Crippen LogP contribution in [0.5, 0.6) is 0 Å². The van der Waals surface area contributed by atoms with Crippen LogP contribution in [0, 0.1) is 24.2 Å². The average molecular weight is 258 g/mol. The number of nitrogens with zero attached hydrogens (tertiary/aromatic N) is 2. The summed E-state index contributed by atoms with van der Waals surface area (Å²) in [5, 5.41) is 18.3. The minimum atomic E-state index is -0.712. The van der Waals surface area contributed by atoms with Crippen LogP contribution in [0.3, 0.4) is 0 Å². The van der Waals surface area contributed by atoms with Gasteiger partial charge in [-0.1, -0.05) is 6.07 Å². The van der Waals surface area contributed by atoms with Crippen molar-refractivity contribution in [3.8, 4) is 6.07 Å². The smallest absolute Gasteiger partial charge is 0.306 e. The van der Waals surface area contributed by atoms with E-state index in [1.165, 1.54) is 0 Å². The molecule has 0 bridgehead atoms. The normalized spacial score (nSPS) is 22.9. The standard InChI is InChI=1S/C15H18N2O2/c1-10-3-4-14(13(7-10)9-16)17-6-5-12(15(18)19)8-11(17)2/h3-4,7,11-12H,5-6,8H2,1-2H3,(H,18,19). The van der Waals surface area contributed by atoms with Gasteiger partial charge in [0.1, 0.15) is 6.07 Å². The molecule has 1 aliphatic rings. The summed E-state index contributed by atoms with van der Waals surface area (Å²) in [4.78, 5) is 13.2. The third kappa shape index (κ3) is 2.70. The molecule has 4 nitrogen and oxygen atoms in total. The number of anilines is 1. The second-order valence-corrected chi connectivity index (χ2v) is 5.23. The number of hydrogen-bond donors (Lipinski definition) is 1. The summed E-state index contributed by atoms with van der Waals surface area (Å²) in [7, 11) is 0. The summed E-state index contributed by atoms with van der Waals surface area (Å²) in [6.07, 6.45) is 1.27. The van der Waals surface area contributed by atoms with Crippen LogP contribution in [0.1, 0.15) is 30.9 Å². The fraction of sp³-hybridized carbons (Fsp3) is 0.467. The van der Waals surface area contributed by atoms with Crippen LogP contribution in [0.4, 0.5) is 5.69 Å². The number of carboxylic acid groups (broad SMARTS) is 1. The first-order valence-corrected chi connectivity index (χ1v) is 6.53. The highest BCUT2D eigenvalue weighted by molar-refractivity contribution is 5.71. The van der Waals surface area contributed by atoms with E-state index in [-0.39, 0.29) is 12.0 Å². The van der Waals surface area contributed by atoms with Crippen molar-refractivity contribution >= 4 is 11.7 Å². The van der Waals surface area contributed by atoms with Gasteiger partial charge in [0, 0.05) is 12.6 Å². The van der Waals surface area contributed by atoms with E-state index < -0.39 is 5.97 Å². The van der Waals surface area contributed by atoms with Gasteiger partial charge in [-0.2, -0.15) is 5.26 Å². The van der Waals surface area contributed by atoms with Gasteiger partial charge in [0.25, 0.3) is 0 Å². The quantitative estimate of drug-likeness (QED) is 0.885. The van der Waals surface area contributed by atoms with E-state index in [0.717, 1.165) is 11.3 Å². The molecule has 1 saturated heterocycles. The second-order valence-electron chi connectivity index (χ2n) is 5.23. The molecule has 0 radical (unpaired) electrons. The molecule has 1 heterocycles. The van der Waals surface area contributed by atoms with Crippen molar-refractivity contribution in [2.45, 2.75) is 32.7 Å². The van der Waals surface area contributed by atoms with Crippen LogP contribution in [0.25, 0.3) is 0 Å². The predicted molar refractivity (Wildman–Crippen MR) is 73.1 cm³/mol. The Labute approximate surface area is 113 Å². The van der Waals surface area contributed by atoms with Crippen LogP contribution >= 0.6 is 0 Å². The Balaban J connectivity index is 2.24. The molecule has 0 amide bonds. The molecule has 19 heavy (non-hydrogen) atoms. The molecule has 0 spiro atoms. The van der Waals surface area contributed by atoms with E-state index in [0.29, 0.717) is 24.9 Å². The third-order valence-electron chi connectivity index (χ3n) is 3.81. The maximum atomic E-state index is 11.0. The number of nitriles is 1. The number of aliphatic carboxylic acids is 1. The van der Waals surface area contributed by atoms with Crippen molar-refractivity contribution in [1.29, 1.82) is 5.26 Å². The Hall–Kier alpha value is -2.02. The largest absolute Gasteiger partial charge is 0.481 e. The number of hydrogen-bond acceptors (Lipinski definition) is 3. The highest BCUT2D eigenvalue weighted by Gasteiger charge is 2.30. The van der Waals surface area contributed by atoms with Gasteiger partial charge in [0.15, 0.2) is 0 Å². The molecule has 0 aliphatic carbocycles. The Kier molecular flexibility index (Phi) is 3.75. The fourth-order valence-corrected chi connectivity index (χ4v) is 2.74. The summed E-state index contributed by atoms with van der Waals surface area (Å²) in [6.45, 7) is 4.68.